The van der Waals surface area contributed by atoms with E-state index in [1.54, 1.807) is 4.68 Å². The van der Waals surface area contributed by atoms with Crippen molar-refractivity contribution in [2.75, 3.05) is 18.4 Å². The predicted octanol–water partition coefficient (Wildman–Crippen LogP) is 1.35. The van der Waals surface area contributed by atoms with E-state index in [-0.39, 0.29) is 0 Å². The maximum absolute atomic E-state index is 5.41. The summed E-state index contributed by atoms with van der Waals surface area (Å²) in [5, 5.41) is 7.51. The molecule has 1 heterocycles. The normalized spacial score (nSPS) is 10.4. The van der Waals surface area contributed by atoms with Crippen molar-refractivity contribution in [1.29, 1.82) is 0 Å². The maximum Gasteiger partial charge on any atom is 0.147 e. The minimum Gasteiger partial charge on any atom is -0.369 e. The van der Waals surface area contributed by atoms with Crippen molar-refractivity contribution < 1.29 is 0 Å². The van der Waals surface area contributed by atoms with Gasteiger partial charge >= 0.3 is 0 Å². The first kappa shape index (κ1) is 11.0. The Morgan fingerprint density at radius 3 is 2.79 bits per heavy atom. The largest absolute Gasteiger partial charge is 0.369 e. The molecule has 14 heavy (non-hydrogen) atoms. The fourth-order valence-corrected chi connectivity index (χ4v) is 1.35. The molecule has 0 radical (unpaired) electrons. The van der Waals surface area contributed by atoms with Gasteiger partial charge in [0.1, 0.15) is 5.82 Å². The van der Waals surface area contributed by atoms with Crippen LogP contribution in [0.1, 0.15) is 25.7 Å². The number of aromatic nitrogens is 2. The van der Waals surface area contributed by atoms with E-state index in [1.807, 2.05) is 19.3 Å². The molecule has 0 aromatic carbocycles. The van der Waals surface area contributed by atoms with Gasteiger partial charge in [0.2, 0.25) is 0 Å². The van der Waals surface area contributed by atoms with E-state index >= 15 is 0 Å². The third-order valence-corrected chi connectivity index (χ3v) is 2.15. The van der Waals surface area contributed by atoms with Gasteiger partial charge in [-0.1, -0.05) is 12.8 Å². The Kier molecular flexibility index (Phi) is 5.07. The van der Waals surface area contributed by atoms with E-state index in [1.165, 1.54) is 19.3 Å². The molecule has 80 valence electrons. The van der Waals surface area contributed by atoms with E-state index < -0.39 is 0 Å². The summed E-state index contributed by atoms with van der Waals surface area (Å²) in [6.07, 6.45) is 6.76. The van der Waals surface area contributed by atoms with Gasteiger partial charge in [-0.2, -0.15) is 5.10 Å². The molecular weight excluding hydrogens is 176 g/mol. The molecule has 0 atom stereocenters. The number of unbranched alkanes of at least 4 members (excludes halogenated alkanes) is 3. The molecule has 1 rings (SSSR count). The molecule has 0 bridgehead atoms. The van der Waals surface area contributed by atoms with E-state index in [2.05, 4.69) is 10.4 Å². The summed E-state index contributed by atoms with van der Waals surface area (Å²) in [5.74, 6) is 0.964. The second-order valence-electron chi connectivity index (χ2n) is 3.50. The first-order chi connectivity index (χ1) is 6.83. The second-order valence-corrected chi connectivity index (χ2v) is 3.50. The minimum absolute atomic E-state index is 0.813. The van der Waals surface area contributed by atoms with Gasteiger partial charge in [-0.15, -0.1) is 0 Å². The van der Waals surface area contributed by atoms with Gasteiger partial charge in [0.15, 0.2) is 0 Å². The molecule has 0 saturated heterocycles. The zero-order valence-corrected chi connectivity index (χ0v) is 8.87. The van der Waals surface area contributed by atoms with Gasteiger partial charge in [-0.05, 0) is 19.4 Å². The predicted molar refractivity (Wildman–Crippen MR) is 59.2 cm³/mol. The standard InChI is InChI=1S/C10H20N4/c1-14-9-6-10(13-14)12-8-5-3-2-4-7-11/h6,9H,2-5,7-8,11H2,1H3,(H,12,13). The topological polar surface area (TPSA) is 55.9 Å². The zero-order valence-electron chi connectivity index (χ0n) is 8.87. The Bertz CT molecular complexity index is 244. The van der Waals surface area contributed by atoms with Crippen molar-refractivity contribution in [3.63, 3.8) is 0 Å². The number of aryl methyl sites for hydroxylation is 1. The van der Waals surface area contributed by atoms with Crippen molar-refractivity contribution in [3.8, 4) is 0 Å². The molecule has 0 saturated carbocycles. The number of rotatable bonds is 7. The molecule has 4 heteroatoms. The van der Waals surface area contributed by atoms with Gasteiger partial charge in [-0.3, -0.25) is 4.68 Å². The monoisotopic (exact) mass is 196 g/mol. The molecule has 1 aromatic rings. The van der Waals surface area contributed by atoms with Crippen LogP contribution in [0.3, 0.4) is 0 Å². The van der Waals surface area contributed by atoms with Crippen LogP contribution < -0.4 is 11.1 Å². The van der Waals surface area contributed by atoms with Crippen LogP contribution in [0.4, 0.5) is 5.82 Å². The van der Waals surface area contributed by atoms with E-state index in [0.29, 0.717) is 0 Å². The SMILES string of the molecule is Cn1ccc(NCCCCCCN)n1. The maximum atomic E-state index is 5.41. The fourth-order valence-electron chi connectivity index (χ4n) is 1.35. The lowest BCUT2D eigenvalue weighted by molar-refractivity contribution is 0.660. The average Bonchev–Trinajstić information content (AvgIpc) is 2.58. The van der Waals surface area contributed by atoms with Gasteiger partial charge in [0.05, 0.1) is 0 Å². The summed E-state index contributed by atoms with van der Waals surface area (Å²) < 4.78 is 1.80. The Balaban J connectivity index is 1.99. The van der Waals surface area contributed by atoms with Crippen LogP contribution in [0.15, 0.2) is 12.3 Å². The number of nitrogens with one attached hydrogen (secondary N) is 1. The van der Waals surface area contributed by atoms with Crippen molar-refractivity contribution in [2.45, 2.75) is 25.7 Å². The highest BCUT2D eigenvalue weighted by molar-refractivity contribution is 5.31. The minimum atomic E-state index is 0.813. The number of anilines is 1. The summed E-state index contributed by atoms with van der Waals surface area (Å²) in [5.41, 5.74) is 5.41. The van der Waals surface area contributed by atoms with Crippen LogP contribution in [0.2, 0.25) is 0 Å². The lowest BCUT2D eigenvalue weighted by Gasteiger charge is -2.02. The molecule has 0 aliphatic carbocycles. The Morgan fingerprint density at radius 2 is 2.14 bits per heavy atom. The van der Waals surface area contributed by atoms with Crippen LogP contribution in [0, 0.1) is 0 Å². The van der Waals surface area contributed by atoms with Crippen LogP contribution in [-0.2, 0) is 7.05 Å². The summed E-state index contributed by atoms with van der Waals surface area (Å²) in [4.78, 5) is 0. The highest BCUT2D eigenvalue weighted by Gasteiger charge is 1.94. The third-order valence-electron chi connectivity index (χ3n) is 2.15. The van der Waals surface area contributed by atoms with Crippen molar-refractivity contribution in [2.24, 2.45) is 12.8 Å². The molecular formula is C10H20N4. The van der Waals surface area contributed by atoms with Gasteiger partial charge in [-0.25, -0.2) is 0 Å². The smallest absolute Gasteiger partial charge is 0.147 e. The first-order valence-corrected chi connectivity index (χ1v) is 5.26. The first-order valence-electron chi connectivity index (χ1n) is 5.26. The third kappa shape index (κ3) is 4.28. The van der Waals surface area contributed by atoms with E-state index in [0.717, 1.165) is 25.3 Å². The zero-order chi connectivity index (χ0) is 10.2. The molecule has 0 unspecified atom stereocenters. The van der Waals surface area contributed by atoms with E-state index in [4.69, 9.17) is 5.73 Å². The molecule has 0 aliphatic heterocycles. The quantitative estimate of drug-likeness (QED) is 0.647. The Morgan fingerprint density at radius 1 is 1.36 bits per heavy atom. The molecule has 1 aromatic heterocycles. The van der Waals surface area contributed by atoms with Crippen molar-refractivity contribution >= 4 is 5.82 Å². The molecule has 3 N–H and O–H groups in total. The molecule has 0 aliphatic rings. The summed E-state index contributed by atoms with van der Waals surface area (Å²) >= 11 is 0. The molecule has 4 nitrogen and oxygen atoms in total. The lowest BCUT2D eigenvalue weighted by atomic mass is 10.2. The summed E-state index contributed by atoms with van der Waals surface area (Å²) in [6.45, 7) is 1.81. The highest BCUT2D eigenvalue weighted by atomic mass is 15.3. The number of nitrogens with zero attached hydrogens (tertiary/aromatic N) is 2. The Labute approximate surface area is 85.5 Å². The molecule has 0 fully saturated rings. The fraction of sp³-hybridized carbons (Fsp3) is 0.700. The van der Waals surface area contributed by atoms with Crippen LogP contribution in [0.5, 0.6) is 0 Å². The lowest BCUT2D eigenvalue weighted by Crippen LogP contribution is -2.03. The van der Waals surface area contributed by atoms with Crippen molar-refractivity contribution in [1.82, 2.24) is 9.78 Å². The van der Waals surface area contributed by atoms with Crippen LogP contribution in [-0.4, -0.2) is 22.9 Å². The van der Waals surface area contributed by atoms with Crippen LogP contribution in [0.25, 0.3) is 0 Å². The Hall–Kier alpha value is -1.03. The average molecular weight is 196 g/mol. The van der Waals surface area contributed by atoms with Crippen LogP contribution >= 0.6 is 0 Å². The molecule has 0 amide bonds. The van der Waals surface area contributed by atoms with Gasteiger partial charge in [0.25, 0.3) is 0 Å². The van der Waals surface area contributed by atoms with E-state index in [9.17, 15) is 0 Å². The number of hydrogen-bond acceptors (Lipinski definition) is 3. The summed E-state index contributed by atoms with van der Waals surface area (Å²) in [7, 11) is 1.92. The molecule has 0 spiro atoms. The van der Waals surface area contributed by atoms with Gasteiger partial charge in [0, 0.05) is 25.9 Å². The summed E-state index contributed by atoms with van der Waals surface area (Å²) in [6, 6.07) is 1.99. The van der Waals surface area contributed by atoms with Crippen molar-refractivity contribution in [3.05, 3.63) is 12.3 Å². The highest BCUT2D eigenvalue weighted by Crippen LogP contribution is 2.03. The van der Waals surface area contributed by atoms with Gasteiger partial charge < -0.3 is 11.1 Å². The number of hydrogen-bond donors (Lipinski definition) is 2. The second kappa shape index (κ2) is 6.43. The number of nitrogens with two attached hydrogens (primary N) is 1.